The number of carboxylic acid groups (broad SMARTS) is 1. The van der Waals surface area contributed by atoms with E-state index in [9.17, 15) is 9.90 Å². The Balaban J connectivity index is 2.19. The fourth-order valence-corrected chi connectivity index (χ4v) is 2.50. The van der Waals surface area contributed by atoms with Crippen molar-refractivity contribution in [3.05, 3.63) is 70.8 Å². The third kappa shape index (κ3) is 3.47. The average Bonchev–Trinajstić information content (AvgIpc) is 2.43. The molecule has 0 fully saturated rings. The summed E-state index contributed by atoms with van der Waals surface area (Å²) >= 11 is 0. The SMILES string of the molecule is Cc1ccc(C)c(C(CCc2ccccc2)C(=O)O)c1. The van der Waals surface area contributed by atoms with Crippen LogP contribution in [0.4, 0.5) is 0 Å². The van der Waals surface area contributed by atoms with Gasteiger partial charge >= 0.3 is 5.97 Å². The normalized spacial score (nSPS) is 12.1. The van der Waals surface area contributed by atoms with Crippen LogP contribution >= 0.6 is 0 Å². The van der Waals surface area contributed by atoms with E-state index in [0.717, 1.165) is 23.1 Å². The molecule has 0 aromatic heterocycles. The van der Waals surface area contributed by atoms with E-state index in [4.69, 9.17) is 0 Å². The van der Waals surface area contributed by atoms with Crippen molar-refractivity contribution in [3.63, 3.8) is 0 Å². The average molecular weight is 268 g/mol. The van der Waals surface area contributed by atoms with Gasteiger partial charge in [0.15, 0.2) is 0 Å². The fourth-order valence-electron chi connectivity index (χ4n) is 2.50. The Labute approximate surface area is 120 Å². The predicted molar refractivity (Wildman–Crippen MR) is 81.1 cm³/mol. The van der Waals surface area contributed by atoms with E-state index in [1.807, 2.05) is 62.4 Å². The van der Waals surface area contributed by atoms with Crippen LogP contribution in [0.5, 0.6) is 0 Å². The number of hydrogen-bond acceptors (Lipinski definition) is 1. The molecule has 0 amide bonds. The second-order valence-corrected chi connectivity index (χ2v) is 5.28. The van der Waals surface area contributed by atoms with Gasteiger partial charge in [0, 0.05) is 0 Å². The maximum Gasteiger partial charge on any atom is 0.310 e. The lowest BCUT2D eigenvalue weighted by Gasteiger charge is -2.16. The van der Waals surface area contributed by atoms with Gasteiger partial charge in [0.05, 0.1) is 5.92 Å². The molecule has 2 aromatic carbocycles. The van der Waals surface area contributed by atoms with Crippen LogP contribution in [-0.4, -0.2) is 11.1 Å². The molecule has 0 bridgehead atoms. The third-order valence-electron chi connectivity index (χ3n) is 3.67. The van der Waals surface area contributed by atoms with E-state index in [1.165, 1.54) is 5.56 Å². The second kappa shape index (κ2) is 6.38. The fraction of sp³-hybridized carbons (Fsp3) is 0.278. The molecule has 2 nitrogen and oxygen atoms in total. The highest BCUT2D eigenvalue weighted by Crippen LogP contribution is 2.26. The minimum Gasteiger partial charge on any atom is -0.481 e. The number of benzene rings is 2. The molecule has 0 aliphatic rings. The van der Waals surface area contributed by atoms with Crippen LogP contribution in [0.2, 0.25) is 0 Å². The lowest BCUT2D eigenvalue weighted by molar-refractivity contribution is -0.139. The first-order valence-electron chi connectivity index (χ1n) is 6.92. The Hall–Kier alpha value is -2.09. The quantitative estimate of drug-likeness (QED) is 0.886. The summed E-state index contributed by atoms with van der Waals surface area (Å²) in [5, 5.41) is 9.52. The summed E-state index contributed by atoms with van der Waals surface area (Å²) in [5.41, 5.74) is 4.28. The van der Waals surface area contributed by atoms with Crippen LogP contribution in [0.1, 0.15) is 34.6 Å². The van der Waals surface area contributed by atoms with Crippen LogP contribution in [0.15, 0.2) is 48.5 Å². The van der Waals surface area contributed by atoms with Crippen LogP contribution in [0, 0.1) is 13.8 Å². The molecule has 2 rings (SSSR count). The van der Waals surface area contributed by atoms with Gasteiger partial charge in [-0.2, -0.15) is 0 Å². The van der Waals surface area contributed by atoms with Crippen LogP contribution < -0.4 is 0 Å². The topological polar surface area (TPSA) is 37.3 Å². The molecule has 0 spiro atoms. The van der Waals surface area contributed by atoms with E-state index in [-0.39, 0.29) is 0 Å². The van der Waals surface area contributed by atoms with Gasteiger partial charge in [0.1, 0.15) is 0 Å². The standard InChI is InChI=1S/C18H20O2/c1-13-8-9-14(2)17(12-13)16(18(19)20)11-10-15-6-4-3-5-7-15/h3-9,12,16H,10-11H2,1-2H3,(H,19,20). The van der Waals surface area contributed by atoms with Crippen LogP contribution in [0.25, 0.3) is 0 Å². The van der Waals surface area contributed by atoms with Crippen molar-refractivity contribution in [1.29, 1.82) is 0 Å². The lowest BCUT2D eigenvalue weighted by Crippen LogP contribution is -2.14. The van der Waals surface area contributed by atoms with Crippen LogP contribution in [-0.2, 0) is 11.2 Å². The molecular formula is C18H20O2. The van der Waals surface area contributed by atoms with Crippen molar-refractivity contribution >= 4 is 5.97 Å². The first kappa shape index (κ1) is 14.3. The van der Waals surface area contributed by atoms with Crippen molar-refractivity contribution in [2.24, 2.45) is 0 Å². The molecule has 0 aliphatic carbocycles. The van der Waals surface area contributed by atoms with Gasteiger partial charge in [0.25, 0.3) is 0 Å². The smallest absolute Gasteiger partial charge is 0.310 e. The Bertz CT molecular complexity index is 588. The molecular weight excluding hydrogens is 248 g/mol. The molecule has 20 heavy (non-hydrogen) atoms. The number of aryl methyl sites for hydroxylation is 3. The summed E-state index contributed by atoms with van der Waals surface area (Å²) in [4.78, 5) is 11.6. The van der Waals surface area contributed by atoms with E-state index in [0.29, 0.717) is 6.42 Å². The van der Waals surface area contributed by atoms with Crippen molar-refractivity contribution < 1.29 is 9.90 Å². The molecule has 1 unspecified atom stereocenters. The maximum atomic E-state index is 11.6. The van der Waals surface area contributed by atoms with E-state index >= 15 is 0 Å². The molecule has 0 saturated carbocycles. The van der Waals surface area contributed by atoms with Gasteiger partial charge in [-0.15, -0.1) is 0 Å². The van der Waals surface area contributed by atoms with Gasteiger partial charge in [0.2, 0.25) is 0 Å². The van der Waals surface area contributed by atoms with E-state index in [1.54, 1.807) is 0 Å². The maximum absolute atomic E-state index is 11.6. The van der Waals surface area contributed by atoms with E-state index in [2.05, 4.69) is 0 Å². The minimum absolute atomic E-state index is 0.435. The van der Waals surface area contributed by atoms with Crippen molar-refractivity contribution in [2.45, 2.75) is 32.6 Å². The zero-order valence-corrected chi connectivity index (χ0v) is 12.0. The summed E-state index contributed by atoms with van der Waals surface area (Å²) in [5.74, 6) is -1.18. The lowest BCUT2D eigenvalue weighted by atomic mass is 9.88. The molecule has 104 valence electrons. The highest BCUT2D eigenvalue weighted by Gasteiger charge is 2.21. The number of carbonyl (C=O) groups is 1. The highest BCUT2D eigenvalue weighted by molar-refractivity contribution is 5.76. The summed E-state index contributed by atoms with van der Waals surface area (Å²) in [6, 6.07) is 16.1. The molecule has 0 aliphatic heterocycles. The molecule has 0 heterocycles. The third-order valence-corrected chi connectivity index (χ3v) is 3.67. The Morgan fingerprint density at radius 2 is 1.80 bits per heavy atom. The highest BCUT2D eigenvalue weighted by atomic mass is 16.4. The molecule has 2 aromatic rings. The van der Waals surface area contributed by atoms with Crippen molar-refractivity contribution in [1.82, 2.24) is 0 Å². The number of carboxylic acids is 1. The molecule has 0 radical (unpaired) electrons. The van der Waals surface area contributed by atoms with Gasteiger partial charge in [-0.05, 0) is 43.4 Å². The molecule has 2 heteroatoms. The summed E-state index contributed by atoms with van der Waals surface area (Å²) < 4.78 is 0. The first-order valence-corrected chi connectivity index (χ1v) is 6.92. The van der Waals surface area contributed by atoms with Gasteiger partial charge in [-0.1, -0.05) is 54.1 Å². The monoisotopic (exact) mass is 268 g/mol. The largest absolute Gasteiger partial charge is 0.481 e. The Kier molecular flexibility index (Phi) is 4.57. The molecule has 1 atom stereocenters. The number of rotatable bonds is 5. The van der Waals surface area contributed by atoms with Crippen LogP contribution in [0.3, 0.4) is 0 Å². The first-order chi connectivity index (χ1) is 9.58. The van der Waals surface area contributed by atoms with Gasteiger partial charge < -0.3 is 5.11 Å². The predicted octanol–water partition coefficient (Wildman–Crippen LogP) is 4.10. The van der Waals surface area contributed by atoms with Crippen molar-refractivity contribution in [3.8, 4) is 0 Å². The number of hydrogen-bond donors (Lipinski definition) is 1. The molecule has 0 saturated heterocycles. The summed E-state index contributed by atoms with van der Waals surface area (Å²) in [6.07, 6.45) is 1.41. The van der Waals surface area contributed by atoms with Crippen molar-refractivity contribution in [2.75, 3.05) is 0 Å². The second-order valence-electron chi connectivity index (χ2n) is 5.28. The van der Waals surface area contributed by atoms with Gasteiger partial charge in [-0.3, -0.25) is 4.79 Å². The summed E-state index contributed by atoms with van der Waals surface area (Å²) in [7, 11) is 0. The minimum atomic E-state index is -0.741. The Morgan fingerprint density at radius 3 is 2.45 bits per heavy atom. The summed E-state index contributed by atoms with van der Waals surface area (Å²) in [6.45, 7) is 3.98. The zero-order chi connectivity index (χ0) is 14.5. The zero-order valence-electron chi connectivity index (χ0n) is 12.0. The van der Waals surface area contributed by atoms with Gasteiger partial charge in [-0.25, -0.2) is 0 Å². The molecule has 1 N–H and O–H groups in total. The number of aliphatic carboxylic acids is 1. The van der Waals surface area contributed by atoms with E-state index < -0.39 is 11.9 Å². The Morgan fingerprint density at radius 1 is 1.10 bits per heavy atom.